The Morgan fingerprint density at radius 1 is 1.09 bits per heavy atom. The molecule has 34 heavy (non-hydrogen) atoms. The molecule has 1 unspecified atom stereocenters. The van der Waals surface area contributed by atoms with E-state index in [1.165, 1.54) is 0 Å². The van der Waals surface area contributed by atoms with Crippen molar-refractivity contribution in [2.75, 3.05) is 6.61 Å². The first-order chi connectivity index (χ1) is 16.1. The van der Waals surface area contributed by atoms with Gasteiger partial charge >= 0.3 is 12.1 Å². The summed E-state index contributed by atoms with van der Waals surface area (Å²) in [6.07, 6.45) is -1.46. The number of nitrogens with one attached hydrogen (secondary N) is 1. The number of halogens is 4. The number of alkyl halides is 3. The van der Waals surface area contributed by atoms with Crippen molar-refractivity contribution in [3.63, 3.8) is 0 Å². The number of rotatable bonds is 12. The second-order valence-corrected chi connectivity index (χ2v) is 8.05. The molecular weight excluding hydrogens is 454 g/mol. The van der Waals surface area contributed by atoms with E-state index >= 15 is 0 Å². The van der Waals surface area contributed by atoms with Gasteiger partial charge in [-0.2, -0.15) is 13.2 Å². The molecule has 2 aromatic rings. The molecule has 0 bridgehead atoms. The van der Waals surface area contributed by atoms with E-state index in [-0.39, 0.29) is 12.6 Å². The molecule has 2 aromatic carbocycles. The SMILES string of the molecule is CCCCOc1ccc(CC(CCC)C(=O)O)cc1CNC(=O)c1ccc(C(F)(F)F)cc1F. The molecule has 9 heteroatoms. The van der Waals surface area contributed by atoms with Crippen LogP contribution in [0.4, 0.5) is 17.6 Å². The standard InChI is InChI=1S/C25H29F4NO4/c1-3-5-11-34-22-10-7-16(12-17(6-4-2)24(32)33)13-18(22)15-30-23(31)20-9-8-19(14-21(20)26)25(27,28)29/h7-10,13-14,17H,3-6,11-12,15H2,1-2H3,(H,30,31)(H,32,33). The minimum atomic E-state index is -4.72. The Morgan fingerprint density at radius 2 is 1.82 bits per heavy atom. The van der Waals surface area contributed by atoms with Crippen LogP contribution in [0.25, 0.3) is 0 Å². The lowest BCUT2D eigenvalue weighted by Gasteiger charge is -2.16. The molecular formula is C25H29F4NO4. The monoisotopic (exact) mass is 483 g/mol. The Bertz CT molecular complexity index is 991. The van der Waals surface area contributed by atoms with Gasteiger partial charge in [0.05, 0.1) is 23.7 Å². The van der Waals surface area contributed by atoms with Gasteiger partial charge in [0.15, 0.2) is 0 Å². The van der Waals surface area contributed by atoms with Crippen LogP contribution in [-0.2, 0) is 23.9 Å². The molecule has 0 aliphatic carbocycles. The van der Waals surface area contributed by atoms with Gasteiger partial charge in [0, 0.05) is 12.1 Å². The summed E-state index contributed by atoms with van der Waals surface area (Å²) in [5.74, 6) is -3.10. The Morgan fingerprint density at radius 3 is 2.41 bits per heavy atom. The zero-order valence-electron chi connectivity index (χ0n) is 19.2. The van der Waals surface area contributed by atoms with E-state index in [1.807, 2.05) is 13.8 Å². The fraction of sp³-hybridized carbons (Fsp3) is 0.440. The summed E-state index contributed by atoms with van der Waals surface area (Å²) in [6.45, 7) is 4.28. The van der Waals surface area contributed by atoms with E-state index in [0.717, 1.165) is 30.9 Å². The number of ether oxygens (including phenoxy) is 1. The Labute approximate surface area is 196 Å². The molecule has 0 heterocycles. The molecule has 2 rings (SSSR count). The average Bonchev–Trinajstić information content (AvgIpc) is 2.77. The normalized spacial score (nSPS) is 12.3. The van der Waals surface area contributed by atoms with Crippen LogP contribution in [-0.4, -0.2) is 23.6 Å². The third kappa shape index (κ3) is 7.74. The largest absolute Gasteiger partial charge is 0.493 e. The van der Waals surface area contributed by atoms with Crippen molar-refractivity contribution in [3.8, 4) is 5.75 Å². The summed E-state index contributed by atoms with van der Waals surface area (Å²) in [7, 11) is 0. The number of benzene rings is 2. The molecule has 5 nitrogen and oxygen atoms in total. The van der Waals surface area contributed by atoms with Gasteiger partial charge in [0.1, 0.15) is 11.6 Å². The van der Waals surface area contributed by atoms with Gasteiger partial charge in [-0.3, -0.25) is 9.59 Å². The van der Waals surface area contributed by atoms with Crippen molar-refractivity contribution < 1.29 is 37.0 Å². The molecule has 0 radical (unpaired) electrons. The summed E-state index contributed by atoms with van der Waals surface area (Å²) in [4.78, 5) is 24.0. The zero-order valence-corrected chi connectivity index (χ0v) is 19.2. The first-order valence-electron chi connectivity index (χ1n) is 11.2. The molecule has 186 valence electrons. The minimum Gasteiger partial charge on any atom is -0.493 e. The lowest BCUT2D eigenvalue weighted by atomic mass is 9.94. The molecule has 2 N–H and O–H groups in total. The summed E-state index contributed by atoms with van der Waals surface area (Å²) in [6, 6.07) is 6.94. The van der Waals surface area contributed by atoms with E-state index in [1.54, 1.807) is 18.2 Å². The van der Waals surface area contributed by atoms with E-state index < -0.39 is 40.9 Å². The fourth-order valence-corrected chi connectivity index (χ4v) is 3.46. The van der Waals surface area contributed by atoms with E-state index in [9.17, 15) is 32.3 Å². The van der Waals surface area contributed by atoms with E-state index in [2.05, 4.69) is 5.32 Å². The van der Waals surface area contributed by atoms with Gasteiger partial charge in [-0.05, 0) is 49.1 Å². The zero-order chi connectivity index (χ0) is 25.3. The predicted molar refractivity (Wildman–Crippen MR) is 119 cm³/mol. The van der Waals surface area contributed by atoms with Crippen LogP contribution in [0.3, 0.4) is 0 Å². The van der Waals surface area contributed by atoms with Gasteiger partial charge in [0.2, 0.25) is 0 Å². The average molecular weight is 484 g/mol. The van der Waals surface area contributed by atoms with E-state index in [0.29, 0.717) is 36.8 Å². The van der Waals surface area contributed by atoms with Crippen LogP contribution < -0.4 is 10.1 Å². The smallest absolute Gasteiger partial charge is 0.416 e. The topological polar surface area (TPSA) is 75.6 Å². The van der Waals surface area contributed by atoms with Gasteiger partial charge in [0.25, 0.3) is 5.91 Å². The van der Waals surface area contributed by atoms with Crippen molar-refractivity contribution in [2.24, 2.45) is 5.92 Å². The summed E-state index contributed by atoms with van der Waals surface area (Å²) >= 11 is 0. The molecule has 1 atom stereocenters. The number of carboxylic acid groups (broad SMARTS) is 1. The van der Waals surface area contributed by atoms with Crippen molar-refractivity contribution in [2.45, 2.75) is 58.7 Å². The maximum Gasteiger partial charge on any atom is 0.416 e. The van der Waals surface area contributed by atoms with Gasteiger partial charge < -0.3 is 15.2 Å². The number of aliphatic carboxylic acids is 1. The van der Waals surface area contributed by atoms with Crippen molar-refractivity contribution in [3.05, 3.63) is 64.5 Å². The summed E-state index contributed by atoms with van der Waals surface area (Å²) in [5.41, 5.74) is -0.379. The maximum atomic E-state index is 14.2. The molecule has 0 aromatic heterocycles. The van der Waals surface area contributed by atoms with Gasteiger partial charge in [-0.25, -0.2) is 4.39 Å². The second kappa shape index (κ2) is 12.4. The minimum absolute atomic E-state index is 0.0693. The van der Waals surface area contributed by atoms with E-state index in [4.69, 9.17) is 4.74 Å². The highest BCUT2D eigenvalue weighted by atomic mass is 19.4. The number of hydrogen-bond donors (Lipinski definition) is 2. The highest BCUT2D eigenvalue weighted by Gasteiger charge is 2.31. The molecule has 1 amide bonds. The second-order valence-electron chi connectivity index (χ2n) is 8.05. The molecule has 0 saturated carbocycles. The van der Waals surface area contributed by atoms with Crippen LogP contribution in [0.1, 0.15) is 66.6 Å². The molecule has 0 spiro atoms. The number of amides is 1. The maximum absolute atomic E-state index is 14.2. The Hall–Kier alpha value is -3.10. The predicted octanol–water partition coefficient (Wildman–Crippen LogP) is 6.00. The molecule has 0 aliphatic heterocycles. The van der Waals surface area contributed by atoms with Crippen LogP contribution in [0.2, 0.25) is 0 Å². The third-order valence-corrected chi connectivity index (χ3v) is 5.33. The van der Waals surface area contributed by atoms with Crippen LogP contribution in [0, 0.1) is 11.7 Å². The third-order valence-electron chi connectivity index (χ3n) is 5.33. The number of carbonyl (C=O) groups is 2. The highest BCUT2D eigenvalue weighted by Crippen LogP contribution is 2.30. The van der Waals surface area contributed by atoms with Crippen LogP contribution >= 0.6 is 0 Å². The van der Waals surface area contributed by atoms with Gasteiger partial charge in [-0.1, -0.05) is 38.8 Å². The van der Waals surface area contributed by atoms with Crippen LogP contribution in [0.5, 0.6) is 5.75 Å². The molecule has 0 fully saturated rings. The fourth-order valence-electron chi connectivity index (χ4n) is 3.46. The molecule has 0 saturated heterocycles. The number of carboxylic acids is 1. The quantitative estimate of drug-likeness (QED) is 0.287. The summed E-state index contributed by atoms with van der Waals surface area (Å²) < 4.78 is 58.2. The number of hydrogen-bond acceptors (Lipinski definition) is 3. The van der Waals surface area contributed by atoms with Crippen molar-refractivity contribution in [1.29, 1.82) is 0 Å². The molecule has 0 aliphatic rings. The first kappa shape index (κ1) is 27.1. The van der Waals surface area contributed by atoms with Crippen molar-refractivity contribution >= 4 is 11.9 Å². The number of carbonyl (C=O) groups excluding carboxylic acids is 1. The lowest BCUT2D eigenvalue weighted by Crippen LogP contribution is -2.25. The Kier molecular flexibility index (Phi) is 9.89. The first-order valence-corrected chi connectivity index (χ1v) is 11.2. The van der Waals surface area contributed by atoms with Crippen LogP contribution in [0.15, 0.2) is 36.4 Å². The van der Waals surface area contributed by atoms with Gasteiger partial charge in [-0.15, -0.1) is 0 Å². The lowest BCUT2D eigenvalue weighted by molar-refractivity contribution is -0.142. The summed E-state index contributed by atoms with van der Waals surface area (Å²) in [5, 5.41) is 12.0. The van der Waals surface area contributed by atoms with Crippen molar-refractivity contribution in [1.82, 2.24) is 5.32 Å². The number of unbranched alkanes of at least 4 members (excludes halogenated alkanes) is 1. The highest BCUT2D eigenvalue weighted by molar-refractivity contribution is 5.94. The Balaban J connectivity index is 2.22.